The summed E-state index contributed by atoms with van der Waals surface area (Å²) in [5.74, 6) is -0.0874. The monoisotopic (exact) mass is 174 g/mol. The summed E-state index contributed by atoms with van der Waals surface area (Å²) < 4.78 is 13.7. The number of benzene rings is 2. The lowest BCUT2D eigenvalue weighted by molar-refractivity contribution is 0.629. The van der Waals surface area contributed by atoms with Crippen LogP contribution in [0.2, 0.25) is 0 Å². The van der Waals surface area contributed by atoms with Crippen molar-refractivity contribution in [2.75, 3.05) is 0 Å². The molecule has 2 aromatic rings. The van der Waals surface area contributed by atoms with E-state index in [0.29, 0.717) is 5.39 Å². The molecule has 0 amide bonds. The van der Waals surface area contributed by atoms with Crippen LogP contribution in [0.25, 0.3) is 10.8 Å². The van der Waals surface area contributed by atoms with Gasteiger partial charge in [0, 0.05) is 5.39 Å². The Balaban J connectivity index is 2.94. The van der Waals surface area contributed by atoms with Crippen LogP contribution in [0.1, 0.15) is 11.1 Å². The van der Waals surface area contributed by atoms with E-state index in [1.807, 2.05) is 44.2 Å². The summed E-state index contributed by atoms with van der Waals surface area (Å²) in [5, 5.41) is 1.69. The number of halogens is 1. The van der Waals surface area contributed by atoms with Crippen LogP contribution < -0.4 is 0 Å². The molecule has 2 aromatic carbocycles. The van der Waals surface area contributed by atoms with Gasteiger partial charge in [-0.15, -0.1) is 0 Å². The minimum absolute atomic E-state index is 0.0874. The molecular formula is C12H11F. The summed E-state index contributed by atoms with van der Waals surface area (Å²) in [6, 6.07) is 9.56. The quantitative estimate of drug-likeness (QED) is 0.572. The first-order valence-electron chi connectivity index (χ1n) is 4.34. The van der Waals surface area contributed by atoms with E-state index in [4.69, 9.17) is 0 Å². The van der Waals surface area contributed by atoms with Crippen LogP contribution in [0, 0.1) is 19.7 Å². The number of hydrogen-bond donors (Lipinski definition) is 0. The van der Waals surface area contributed by atoms with Crippen molar-refractivity contribution in [3.8, 4) is 0 Å². The van der Waals surface area contributed by atoms with E-state index in [0.717, 1.165) is 16.5 Å². The predicted octanol–water partition coefficient (Wildman–Crippen LogP) is 3.60. The maximum Gasteiger partial charge on any atom is 0.134 e. The molecule has 13 heavy (non-hydrogen) atoms. The van der Waals surface area contributed by atoms with Gasteiger partial charge >= 0.3 is 0 Å². The van der Waals surface area contributed by atoms with E-state index >= 15 is 0 Å². The van der Waals surface area contributed by atoms with Crippen molar-refractivity contribution >= 4 is 10.8 Å². The highest BCUT2D eigenvalue weighted by atomic mass is 19.1. The third-order valence-corrected chi connectivity index (χ3v) is 2.49. The van der Waals surface area contributed by atoms with Gasteiger partial charge in [0.2, 0.25) is 0 Å². The smallest absolute Gasteiger partial charge is 0.134 e. The van der Waals surface area contributed by atoms with Gasteiger partial charge in [0.05, 0.1) is 0 Å². The SMILES string of the molecule is Cc1cc2ccccc2c(F)c1C. The van der Waals surface area contributed by atoms with Crippen molar-refractivity contribution in [1.29, 1.82) is 0 Å². The molecule has 1 heteroatoms. The lowest BCUT2D eigenvalue weighted by atomic mass is 10.0. The van der Waals surface area contributed by atoms with Crippen LogP contribution in [-0.2, 0) is 0 Å². The predicted molar refractivity (Wildman–Crippen MR) is 53.4 cm³/mol. The van der Waals surface area contributed by atoms with Gasteiger partial charge in [0.15, 0.2) is 0 Å². The molecule has 0 N–H and O–H groups in total. The molecule has 0 bridgehead atoms. The van der Waals surface area contributed by atoms with E-state index in [1.165, 1.54) is 0 Å². The van der Waals surface area contributed by atoms with Gasteiger partial charge in [-0.25, -0.2) is 4.39 Å². The molecule has 0 aliphatic carbocycles. The molecule has 0 aromatic heterocycles. The summed E-state index contributed by atoms with van der Waals surface area (Å²) in [6.45, 7) is 3.75. The second-order valence-corrected chi connectivity index (χ2v) is 3.35. The largest absolute Gasteiger partial charge is 0.206 e. The Labute approximate surface area is 77.0 Å². The van der Waals surface area contributed by atoms with Gasteiger partial charge in [-0.2, -0.15) is 0 Å². The Morgan fingerprint density at radius 2 is 1.77 bits per heavy atom. The first kappa shape index (κ1) is 8.24. The second-order valence-electron chi connectivity index (χ2n) is 3.35. The third-order valence-electron chi connectivity index (χ3n) is 2.49. The summed E-state index contributed by atoms with van der Waals surface area (Å²) in [4.78, 5) is 0. The minimum atomic E-state index is -0.0874. The molecule has 0 aliphatic rings. The zero-order valence-electron chi connectivity index (χ0n) is 7.76. The molecular weight excluding hydrogens is 163 g/mol. The first-order valence-corrected chi connectivity index (χ1v) is 4.34. The fraction of sp³-hybridized carbons (Fsp3) is 0.167. The average molecular weight is 174 g/mol. The van der Waals surface area contributed by atoms with Crippen molar-refractivity contribution in [3.63, 3.8) is 0 Å². The van der Waals surface area contributed by atoms with E-state index < -0.39 is 0 Å². The third kappa shape index (κ3) is 1.21. The normalized spacial score (nSPS) is 10.7. The van der Waals surface area contributed by atoms with Gasteiger partial charge in [-0.3, -0.25) is 0 Å². The van der Waals surface area contributed by atoms with Crippen molar-refractivity contribution < 1.29 is 4.39 Å². The minimum Gasteiger partial charge on any atom is -0.206 e. The van der Waals surface area contributed by atoms with Crippen LogP contribution in [0.15, 0.2) is 30.3 Å². The maximum absolute atomic E-state index is 13.7. The first-order chi connectivity index (χ1) is 6.20. The summed E-state index contributed by atoms with van der Waals surface area (Å²) in [7, 11) is 0. The van der Waals surface area contributed by atoms with E-state index in [1.54, 1.807) is 0 Å². The van der Waals surface area contributed by atoms with E-state index in [9.17, 15) is 4.39 Å². The summed E-state index contributed by atoms with van der Waals surface area (Å²) >= 11 is 0. The number of aryl methyl sites for hydroxylation is 1. The molecule has 0 spiro atoms. The lowest BCUT2D eigenvalue weighted by Gasteiger charge is -2.05. The van der Waals surface area contributed by atoms with Crippen molar-refractivity contribution in [1.82, 2.24) is 0 Å². The van der Waals surface area contributed by atoms with Gasteiger partial charge in [-0.1, -0.05) is 30.3 Å². The second kappa shape index (κ2) is 2.84. The highest BCUT2D eigenvalue weighted by Crippen LogP contribution is 2.23. The Morgan fingerprint density at radius 3 is 2.54 bits per heavy atom. The topological polar surface area (TPSA) is 0 Å². The highest BCUT2D eigenvalue weighted by Gasteiger charge is 2.05. The zero-order chi connectivity index (χ0) is 9.42. The van der Waals surface area contributed by atoms with Gasteiger partial charge in [-0.05, 0) is 30.4 Å². The van der Waals surface area contributed by atoms with Gasteiger partial charge in [0.25, 0.3) is 0 Å². The molecule has 0 fully saturated rings. The Morgan fingerprint density at radius 1 is 1.08 bits per heavy atom. The molecule has 0 saturated carbocycles. The zero-order valence-corrected chi connectivity index (χ0v) is 7.76. The van der Waals surface area contributed by atoms with Crippen molar-refractivity contribution in [3.05, 3.63) is 47.3 Å². The number of fused-ring (bicyclic) bond motifs is 1. The van der Waals surface area contributed by atoms with Crippen molar-refractivity contribution in [2.45, 2.75) is 13.8 Å². The Bertz CT molecular complexity index is 458. The van der Waals surface area contributed by atoms with Crippen LogP contribution >= 0.6 is 0 Å². The average Bonchev–Trinajstić information content (AvgIpc) is 2.15. The molecule has 0 aliphatic heterocycles. The van der Waals surface area contributed by atoms with Crippen LogP contribution in [0.4, 0.5) is 4.39 Å². The fourth-order valence-electron chi connectivity index (χ4n) is 1.54. The lowest BCUT2D eigenvalue weighted by Crippen LogP contribution is -1.89. The van der Waals surface area contributed by atoms with E-state index in [2.05, 4.69) is 0 Å². The van der Waals surface area contributed by atoms with Gasteiger partial charge in [0.1, 0.15) is 5.82 Å². The van der Waals surface area contributed by atoms with Crippen LogP contribution in [-0.4, -0.2) is 0 Å². The Hall–Kier alpha value is -1.37. The fourth-order valence-corrected chi connectivity index (χ4v) is 1.54. The summed E-state index contributed by atoms with van der Waals surface area (Å²) in [6.07, 6.45) is 0. The highest BCUT2D eigenvalue weighted by molar-refractivity contribution is 5.84. The Kier molecular flexibility index (Phi) is 1.80. The molecule has 0 heterocycles. The molecule has 0 unspecified atom stereocenters. The van der Waals surface area contributed by atoms with Crippen LogP contribution in [0.3, 0.4) is 0 Å². The molecule has 2 rings (SSSR count). The summed E-state index contributed by atoms with van der Waals surface area (Å²) in [5.41, 5.74) is 1.76. The molecule has 0 saturated heterocycles. The molecule has 66 valence electrons. The number of rotatable bonds is 0. The molecule has 0 radical (unpaired) electrons. The standard InChI is InChI=1S/C12H11F/c1-8-7-10-5-3-4-6-11(10)12(13)9(8)2/h3-7H,1-2H3. The number of hydrogen-bond acceptors (Lipinski definition) is 0. The van der Waals surface area contributed by atoms with Crippen molar-refractivity contribution in [2.24, 2.45) is 0 Å². The molecule has 0 atom stereocenters. The van der Waals surface area contributed by atoms with E-state index in [-0.39, 0.29) is 5.82 Å². The maximum atomic E-state index is 13.7. The molecule has 0 nitrogen and oxygen atoms in total. The van der Waals surface area contributed by atoms with Crippen LogP contribution in [0.5, 0.6) is 0 Å². The van der Waals surface area contributed by atoms with Gasteiger partial charge < -0.3 is 0 Å².